The molecule has 9 heteroatoms. The lowest BCUT2D eigenvalue weighted by molar-refractivity contribution is -0.129. The minimum Gasteiger partial charge on any atom is -0.508 e. The second-order valence-electron chi connectivity index (χ2n) is 6.61. The lowest BCUT2D eigenvalue weighted by atomic mass is 10.2. The van der Waals surface area contributed by atoms with Crippen LogP contribution in [-0.2, 0) is 14.3 Å². The molecule has 1 fully saturated rings. The quantitative estimate of drug-likeness (QED) is 0.388. The third-order valence-corrected chi connectivity index (χ3v) is 5.75. The summed E-state index contributed by atoms with van der Waals surface area (Å²) in [6.45, 7) is 3.59. The number of benzene rings is 2. The lowest BCUT2D eigenvalue weighted by Gasteiger charge is -2.22. The highest BCUT2D eigenvalue weighted by atomic mass is 32.2. The number of thiocarbonyl (C=S) groups is 1. The van der Waals surface area contributed by atoms with Gasteiger partial charge in [0, 0.05) is 5.69 Å². The first-order valence-electron chi connectivity index (χ1n) is 9.44. The Kier molecular flexibility index (Phi) is 7.09. The summed E-state index contributed by atoms with van der Waals surface area (Å²) in [7, 11) is 0. The van der Waals surface area contributed by atoms with E-state index in [0.717, 1.165) is 11.8 Å². The molecule has 0 radical (unpaired) electrons. The van der Waals surface area contributed by atoms with E-state index >= 15 is 0 Å². The number of hydrogen-bond acceptors (Lipinski definition) is 7. The van der Waals surface area contributed by atoms with E-state index in [1.165, 1.54) is 17.0 Å². The van der Waals surface area contributed by atoms with Crippen LogP contribution in [0.25, 0.3) is 6.08 Å². The molecule has 1 aliphatic heterocycles. The van der Waals surface area contributed by atoms with Crippen LogP contribution in [-0.4, -0.2) is 44.8 Å². The summed E-state index contributed by atoms with van der Waals surface area (Å²) in [5.41, 5.74) is 1.51. The maximum Gasteiger partial charge on any atom is 0.338 e. The number of ether oxygens (including phenoxy) is 1. The van der Waals surface area contributed by atoms with Crippen LogP contribution in [0.5, 0.6) is 5.75 Å². The number of carbonyl (C=O) groups excluding carboxylic acids is 3. The highest BCUT2D eigenvalue weighted by Gasteiger charge is 2.38. The largest absolute Gasteiger partial charge is 0.508 e. The molecule has 1 heterocycles. The van der Waals surface area contributed by atoms with Gasteiger partial charge in [-0.3, -0.25) is 14.5 Å². The molecule has 1 atom stereocenters. The van der Waals surface area contributed by atoms with E-state index in [2.05, 4.69) is 5.32 Å². The molecule has 2 amide bonds. The van der Waals surface area contributed by atoms with Gasteiger partial charge in [-0.2, -0.15) is 0 Å². The topological polar surface area (TPSA) is 95.9 Å². The van der Waals surface area contributed by atoms with Gasteiger partial charge in [0.15, 0.2) is 0 Å². The molecular formula is C22H20N2O5S2. The molecule has 1 unspecified atom stereocenters. The number of phenols is 1. The highest BCUT2D eigenvalue weighted by molar-refractivity contribution is 8.26. The Bertz CT molecular complexity index is 1070. The molecular weight excluding hydrogens is 436 g/mol. The Morgan fingerprint density at radius 2 is 1.97 bits per heavy atom. The van der Waals surface area contributed by atoms with Crippen LogP contribution in [0, 0.1) is 0 Å². The third kappa shape index (κ3) is 5.31. The molecule has 31 heavy (non-hydrogen) atoms. The zero-order chi connectivity index (χ0) is 22.5. The van der Waals surface area contributed by atoms with E-state index in [0.29, 0.717) is 21.7 Å². The first-order chi connectivity index (χ1) is 14.8. The summed E-state index contributed by atoms with van der Waals surface area (Å²) >= 11 is 6.41. The van der Waals surface area contributed by atoms with Gasteiger partial charge < -0.3 is 15.2 Å². The number of rotatable bonds is 6. The van der Waals surface area contributed by atoms with Crippen LogP contribution in [0.3, 0.4) is 0 Å². The maximum absolute atomic E-state index is 12.8. The van der Waals surface area contributed by atoms with Crippen LogP contribution in [0.15, 0.2) is 53.4 Å². The SMILES string of the molecule is CCOC(=O)c1ccc(NC(=O)C(C)N2C(=O)/C(=C/c3cccc(O)c3)SC2=S)cc1. The van der Waals surface area contributed by atoms with Gasteiger partial charge in [-0.15, -0.1) is 0 Å². The fourth-order valence-electron chi connectivity index (χ4n) is 2.85. The number of esters is 1. The minimum atomic E-state index is -0.840. The zero-order valence-electron chi connectivity index (χ0n) is 16.8. The average molecular weight is 457 g/mol. The molecule has 0 aromatic heterocycles. The second kappa shape index (κ2) is 9.76. The van der Waals surface area contributed by atoms with Gasteiger partial charge in [-0.05, 0) is 61.9 Å². The molecule has 1 aliphatic rings. The summed E-state index contributed by atoms with van der Waals surface area (Å²) in [6.07, 6.45) is 1.62. The molecule has 7 nitrogen and oxygen atoms in total. The van der Waals surface area contributed by atoms with Gasteiger partial charge in [0.2, 0.25) is 5.91 Å². The molecule has 0 bridgehead atoms. The van der Waals surface area contributed by atoms with Crippen LogP contribution in [0.2, 0.25) is 0 Å². The Morgan fingerprint density at radius 1 is 1.26 bits per heavy atom. The third-order valence-electron chi connectivity index (χ3n) is 4.42. The van der Waals surface area contributed by atoms with E-state index in [1.807, 2.05) is 0 Å². The number of amides is 2. The molecule has 160 valence electrons. The monoisotopic (exact) mass is 456 g/mol. The molecule has 0 saturated carbocycles. The van der Waals surface area contributed by atoms with Gasteiger partial charge in [0.05, 0.1) is 17.1 Å². The summed E-state index contributed by atoms with van der Waals surface area (Å²) in [5.74, 6) is -1.15. The Hall–Kier alpha value is -3.17. The van der Waals surface area contributed by atoms with Gasteiger partial charge in [-0.1, -0.05) is 36.1 Å². The average Bonchev–Trinajstić information content (AvgIpc) is 3.01. The maximum atomic E-state index is 12.8. The Morgan fingerprint density at radius 3 is 2.61 bits per heavy atom. The van der Waals surface area contributed by atoms with Crippen molar-refractivity contribution in [1.82, 2.24) is 4.90 Å². The van der Waals surface area contributed by atoms with Crippen LogP contribution < -0.4 is 5.32 Å². The molecule has 2 N–H and O–H groups in total. The molecule has 2 aromatic rings. The van der Waals surface area contributed by atoms with E-state index < -0.39 is 17.9 Å². The normalized spacial score (nSPS) is 15.8. The summed E-state index contributed by atoms with van der Waals surface area (Å²) < 4.78 is 5.21. The number of hydrogen-bond donors (Lipinski definition) is 2. The zero-order valence-corrected chi connectivity index (χ0v) is 18.5. The van der Waals surface area contributed by atoms with Crippen LogP contribution >= 0.6 is 24.0 Å². The smallest absolute Gasteiger partial charge is 0.338 e. The molecule has 0 spiro atoms. The van der Waals surface area contributed by atoms with E-state index in [4.69, 9.17) is 17.0 Å². The Labute approximate surface area is 189 Å². The van der Waals surface area contributed by atoms with Crippen LogP contribution in [0.1, 0.15) is 29.8 Å². The highest BCUT2D eigenvalue weighted by Crippen LogP contribution is 2.34. The number of phenolic OH excluding ortho intramolecular Hbond substituents is 1. The summed E-state index contributed by atoms with van der Waals surface area (Å²) in [5, 5.41) is 12.3. The van der Waals surface area contributed by atoms with Crippen molar-refractivity contribution in [1.29, 1.82) is 0 Å². The van der Waals surface area contributed by atoms with Crippen molar-refractivity contribution in [3.05, 3.63) is 64.6 Å². The second-order valence-corrected chi connectivity index (χ2v) is 8.29. The van der Waals surface area contributed by atoms with Crippen molar-refractivity contribution in [2.24, 2.45) is 0 Å². The van der Waals surface area contributed by atoms with Crippen molar-refractivity contribution >= 4 is 57.8 Å². The van der Waals surface area contributed by atoms with Gasteiger partial charge in [0.1, 0.15) is 16.1 Å². The first kappa shape index (κ1) is 22.5. The summed E-state index contributed by atoms with van der Waals surface area (Å²) in [4.78, 5) is 38.9. The number of nitrogens with zero attached hydrogens (tertiary/aromatic N) is 1. The van der Waals surface area contributed by atoms with Crippen molar-refractivity contribution in [3.8, 4) is 5.75 Å². The molecule has 3 rings (SSSR count). The molecule has 0 aliphatic carbocycles. The van der Waals surface area contributed by atoms with Gasteiger partial charge in [0.25, 0.3) is 5.91 Å². The van der Waals surface area contributed by atoms with Crippen molar-refractivity contribution in [3.63, 3.8) is 0 Å². The van der Waals surface area contributed by atoms with Crippen molar-refractivity contribution in [2.75, 3.05) is 11.9 Å². The number of carbonyl (C=O) groups is 3. The predicted molar refractivity (Wildman–Crippen MR) is 124 cm³/mol. The first-order valence-corrected chi connectivity index (χ1v) is 10.7. The van der Waals surface area contributed by atoms with Crippen LogP contribution in [0.4, 0.5) is 5.69 Å². The van der Waals surface area contributed by atoms with Gasteiger partial charge >= 0.3 is 5.97 Å². The van der Waals surface area contributed by atoms with Crippen molar-refractivity contribution < 1.29 is 24.2 Å². The molecule has 2 aromatic carbocycles. The fraction of sp³-hybridized carbons (Fsp3) is 0.182. The number of nitrogens with one attached hydrogen (secondary N) is 1. The molecule has 1 saturated heterocycles. The Balaban J connectivity index is 1.69. The van der Waals surface area contributed by atoms with E-state index in [1.54, 1.807) is 56.3 Å². The lowest BCUT2D eigenvalue weighted by Crippen LogP contribution is -2.44. The van der Waals surface area contributed by atoms with Gasteiger partial charge in [-0.25, -0.2) is 4.79 Å². The predicted octanol–water partition coefficient (Wildman–Crippen LogP) is 3.80. The number of anilines is 1. The number of aromatic hydroxyl groups is 1. The van der Waals surface area contributed by atoms with E-state index in [9.17, 15) is 19.5 Å². The van der Waals surface area contributed by atoms with E-state index in [-0.39, 0.29) is 22.6 Å². The number of thioether (sulfide) groups is 1. The summed E-state index contributed by atoms with van der Waals surface area (Å²) in [6, 6.07) is 11.9. The standard InChI is InChI=1S/C22H20N2O5S2/c1-3-29-21(28)15-7-9-16(10-8-15)23-19(26)13(2)24-20(27)18(31-22(24)30)12-14-5-4-6-17(25)11-14/h4-13,25H,3H2,1-2H3,(H,23,26)/b18-12-. The fourth-order valence-corrected chi connectivity index (χ4v) is 4.27. The minimum absolute atomic E-state index is 0.0888. The van der Waals surface area contributed by atoms with Crippen molar-refractivity contribution in [2.45, 2.75) is 19.9 Å².